The van der Waals surface area contributed by atoms with Gasteiger partial charge in [0.2, 0.25) is 11.7 Å². The maximum Gasteiger partial charge on any atom is 0.234 e. The summed E-state index contributed by atoms with van der Waals surface area (Å²) >= 11 is 0. The van der Waals surface area contributed by atoms with E-state index in [0.29, 0.717) is 11.7 Å². The molecule has 3 rings (SSSR count). The summed E-state index contributed by atoms with van der Waals surface area (Å²) in [4.78, 5) is 4.49. The van der Waals surface area contributed by atoms with Crippen LogP contribution in [0.3, 0.4) is 0 Å². The van der Waals surface area contributed by atoms with Crippen molar-refractivity contribution in [1.82, 2.24) is 15.5 Å². The van der Waals surface area contributed by atoms with Crippen LogP contribution in [0.4, 0.5) is 0 Å². The molecule has 0 radical (unpaired) electrons. The quantitative estimate of drug-likeness (QED) is 0.858. The molecule has 0 spiro atoms. The molecule has 5 heteroatoms. The number of aryl methyl sites for hydroxylation is 1. The first kappa shape index (κ1) is 10.5. The molecule has 1 atom stereocenters. The Bertz CT molecular complexity index is 523. The lowest BCUT2D eigenvalue weighted by atomic mass is 9.90. The molecule has 0 aliphatic carbocycles. The highest BCUT2D eigenvalue weighted by atomic mass is 16.5. The molecule has 5 nitrogen and oxygen atoms in total. The van der Waals surface area contributed by atoms with Crippen LogP contribution >= 0.6 is 0 Å². The van der Waals surface area contributed by atoms with E-state index in [2.05, 4.69) is 22.4 Å². The molecule has 0 amide bonds. The first-order chi connectivity index (χ1) is 8.19. The van der Waals surface area contributed by atoms with Crippen molar-refractivity contribution in [3.05, 3.63) is 24.0 Å². The van der Waals surface area contributed by atoms with Crippen LogP contribution in [0.2, 0.25) is 0 Å². The molecule has 2 aromatic heterocycles. The van der Waals surface area contributed by atoms with Gasteiger partial charge in [-0.15, -0.1) is 0 Å². The van der Waals surface area contributed by atoms with E-state index in [0.717, 1.165) is 30.8 Å². The second-order valence-corrected chi connectivity index (χ2v) is 4.80. The SMILES string of the molecule is Cc1occc1-c1noc(C2(C)CCNC2)n1. The Hall–Kier alpha value is -1.62. The summed E-state index contributed by atoms with van der Waals surface area (Å²) in [6, 6.07) is 1.86. The van der Waals surface area contributed by atoms with Crippen LogP contribution in [0.25, 0.3) is 11.4 Å². The lowest BCUT2D eigenvalue weighted by Gasteiger charge is -2.15. The van der Waals surface area contributed by atoms with Crippen LogP contribution in [-0.4, -0.2) is 23.2 Å². The Morgan fingerprint density at radius 2 is 2.35 bits per heavy atom. The Morgan fingerprint density at radius 3 is 3.00 bits per heavy atom. The largest absolute Gasteiger partial charge is 0.469 e. The van der Waals surface area contributed by atoms with Crippen molar-refractivity contribution in [3.8, 4) is 11.4 Å². The molecular weight excluding hydrogens is 218 g/mol. The molecule has 0 saturated carbocycles. The zero-order valence-electron chi connectivity index (χ0n) is 9.99. The highest BCUT2D eigenvalue weighted by Crippen LogP contribution is 2.30. The Kier molecular flexibility index (Phi) is 2.29. The first-order valence-corrected chi connectivity index (χ1v) is 5.78. The van der Waals surface area contributed by atoms with Gasteiger partial charge in [0.15, 0.2) is 0 Å². The zero-order valence-corrected chi connectivity index (χ0v) is 9.99. The van der Waals surface area contributed by atoms with Gasteiger partial charge in [-0.25, -0.2) is 0 Å². The van der Waals surface area contributed by atoms with Gasteiger partial charge in [0, 0.05) is 6.54 Å². The van der Waals surface area contributed by atoms with Crippen LogP contribution in [0.1, 0.15) is 25.0 Å². The van der Waals surface area contributed by atoms with Crippen molar-refractivity contribution in [2.24, 2.45) is 0 Å². The van der Waals surface area contributed by atoms with E-state index in [4.69, 9.17) is 8.94 Å². The Labute approximate surface area is 99.2 Å². The van der Waals surface area contributed by atoms with Crippen molar-refractivity contribution in [2.75, 3.05) is 13.1 Å². The van der Waals surface area contributed by atoms with E-state index in [1.165, 1.54) is 0 Å². The van der Waals surface area contributed by atoms with Crippen molar-refractivity contribution in [3.63, 3.8) is 0 Å². The summed E-state index contributed by atoms with van der Waals surface area (Å²) in [5, 5.41) is 7.36. The third kappa shape index (κ3) is 1.67. The normalized spacial score (nSPS) is 24.4. The van der Waals surface area contributed by atoms with E-state index in [-0.39, 0.29) is 5.41 Å². The standard InChI is InChI=1S/C12H15N3O2/c1-8-9(3-6-16-8)10-14-11(17-15-10)12(2)4-5-13-7-12/h3,6,13H,4-5,7H2,1-2H3. The summed E-state index contributed by atoms with van der Waals surface area (Å²) in [5.74, 6) is 2.13. The van der Waals surface area contributed by atoms with E-state index in [1.54, 1.807) is 6.26 Å². The maximum atomic E-state index is 5.39. The molecule has 3 heterocycles. The van der Waals surface area contributed by atoms with Crippen molar-refractivity contribution in [1.29, 1.82) is 0 Å². The number of hydrogen-bond acceptors (Lipinski definition) is 5. The summed E-state index contributed by atoms with van der Waals surface area (Å²) < 4.78 is 10.6. The molecule has 2 aromatic rings. The highest BCUT2D eigenvalue weighted by molar-refractivity contribution is 5.56. The monoisotopic (exact) mass is 233 g/mol. The molecule has 0 aromatic carbocycles. The highest BCUT2D eigenvalue weighted by Gasteiger charge is 2.36. The second-order valence-electron chi connectivity index (χ2n) is 4.80. The van der Waals surface area contributed by atoms with E-state index < -0.39 is 0 Å². The predicted octanol–water partition coefficient (Wildman–Crippen LogP) is 1.89. The van der Waals surface area contributed by atoms with Crippen LogP contribution in [0.5, 0.6) is 0 Å². The Balaban J connectivity index is 1.96. The molecule has 1 N–H and O–H groups in total. The lowest BCUT2D eigenvalue weighted by molar-refractivity contribution is 0.306. The maximum absolute atomic E-state index is 5.39. The molecule has 1 saturated heterocycles. The molecule has 1 aliphatic heterocycles. The van der Waals surface area contributed by atoms with Gasteiger partial charge in [0.1, 0.15) is 5.76 Å². The number of aromatic nitrogens is 2. The van der Waals surface area contributed by atoms with Gasteiger partial charge < -0.3 is 14.3 Å². The van der Waals surface area contributed by atoms with E-state index >= 15 is 0 Å². The number of furan rings is 1. The summed E-state index contributed by atoms with van der Waals surface area (Å²) in [7, 11) is 0. The molecule has 90 valence electrons. The molecule has 17 heavy (non-hydrogen) atoms. The number of nitrogens with one attached hydrogen (secondary N) is 1. The van der Waals surface area contributed by atoms with E-state index in [9.17, 15) is 0 Å². The fourth-order valence-corrected chi connectivity index (χ4v) is 2.19. The third-order valence-electron chi connectivity index (χ3n) is 3.41. The topological polar surface area (TPSA) is 64.1 Å². The summed E-state index contributed by atoms with van der Waals surface area (Å²) in [6.07, 6.45) is 2.67. The molecule has 1 unspecified atom stereocenters. The Morgan fingerprint density at radius 1 is 1.47 bits per heavy atom. The van der Waals surface area contributed by atoms with Crippen molar-refractivity contribution < 1.29 is 8.94 Å². The van der Waals surface area contributed by atoms with E-state index in [1.807, 2.05) is 13.0 Å². The van der Waals surface area contributed by atoms with Crippen LogP contribution < -0.4 is 5.32 Å². The van der Waals surface area contributed by atoms with Gasteiger partial charge in [-0.2, -0.15) is 4.98 Å². The minimum atomic E-state index is -0.0388. The lowest BCUT2D eigenvalue weighted by Crippen LogP contribution is -2.25. The fraction of sp³-hybridized carbons (Fsp3) is 0.500. The fourth-order valence-electron chi connectivity index (χ4n) is 2.19. The number of hydrogen-bond donors (Lipinski definition) is 1. The van der Waals surface area contributed by atoms with Gasteiger partial charge in [-0.05, 0) is 32.9 Å². The minimum absolute atomic E-state index is 0.0388. The second kappa shape index (κ2) is 3.70. The summed E-state index contributed by atoms with van der Waals surface area (Å²) in [5.41, 5.74) is 0.859. The predicted molar refractivity (Wildman–Crippen MR) is 61.6 cm³/mol. The van der Waals surface area contributed by atoms with Crippen LogP contribution in [0.15, 0.2) is 21.3 Å². The number of rotatable bonds is 2. The zero-order chi connectivity index (χ0) is 11.9. The van der Waals surface area contributed by atoms with Gasteiger partial charge in [0.05, 0.1) is 17.2 Å². The molecule has 1 fully saturated rings. The van der Waals surface area contributed by atoms with Crippen LogP contribution in [-0.2, 0) is 5.41 Å². The third-order valence-corrected chi connectivity index (χ3v) is 3.41. The van der Waals surface area contributed by atoms with Gasteiger partial charge in [-0.1, -0.05) is 5.16 Å². The minimum Gasteiger partial charge on any atom is -0.469 e. The van der Waals surface area contributed by atoms with Crippen LogP contribution in [0, 0.1) is 6.92 Å². The van der Waals surface area contributed by atoms with Gasteiger partial charge >= 0.3 is 0 Å². The summed E-state index contributed by atoms with van der Waals surface area (Å²) in [6.45, 7) is 5.93. The average Bonchev–Trinajstić information content (AvgIpc) is 2.97. The smallest absolute Gasteiger partial charge is 0.234 e. The molecule has 0 bridgehead atoms. The molecule has 1 aliphatic rings. The van der Waals surface area contributed by atoms with Gasteiger partial charge in [0.25, 0.3) is 0 Å². The molecular formula is C12H15N3O2. The van der Waals surface area contributed by atoms with Crippen molar-refractivity contribution >= 4 is 0 Å². The first-order valence-electron chi connectivity index (χ1n) is 5.78. The van der Waals surface area contributed by atoms with Gasteiger partial charge in [-0.3, -0.25) is 0 Å². The van der Waals surface area contributed by atoms with Crippen molar-refractivity contribution in [2.45, 2.75) is 25.7 Å². The average molecular weight is 233 g/mol. The number of nitrogens with zero attached hydrogens (tertiary/aromatic N) is 2.